The number of carbonyl (C=O) groups excluding carboxylic acids is 1. The number of benzene rings is 2. The zero-order valence-electron chi connectivity index (χ0n) is 12.1. The lowest BCUT2D eigenvalue weighted by atomic mass is 10.1. The highest BCUT2D eigenvalue weighted by molar-refractivity contribution is 5.98. The van der Waals surface area contributed by atoms with Crippen molar-refractivity contribution in [2.45, 2.75) is 13.5 Å². The third kappa shape index (κ3) is 3.45. The SMILES string of the molecule is COc1ccc(N)cc1CNc1cc(C)ccc1C(N)=O. The maximum Gasteiger partial charge on any atom is 0.250 e. The van der Waals surface area contributed by atoms with E-state index < -0.39 is 5.91 Å². The van der Waals surface area contributed by atoms with Gasteiger partial charge in [-0.15, -0.1) is 0 Å². The molecule has 0 unspecified atom stereocenters. The molecule has 0 aliphatic carbocycles. The number of nitrogens with two attached hydrogens (primary N) is 2. The summed E-state index contributed by atoms with van der Waals surface area (Å²) < 4.78 is 5.30. The largest absolute Gasteiger partial charge is 0.496 e. The highest BCUT2D eigenvalue weighted by atomic mass is 16.5. The van der Waals surface area contributed by atoms with Gasteiger partial charge in [0, 0.05) is 23.5 Å². The van der Waals surface area contributed by atoms with Gasteiger partial charge in [0.1, 0.15) is 5.75 Å². The molecule has 1 amide bonds. The van der Waals surface area contributed by atoms with E-state index in [0.717, 1.165) is 16.9 Å². The number of anilines is 2. The minimum absolute atomic E-state index is 0.461. The number of rotatable bonds is 5. The number of primary amides is 1. The Hall–Kier alpha value is -2.69. The Bertz CT molecular complexity index is 669. The van der Waals surface area contributed by atoms with Gasteiger partial charge in [0.2, 0.25) is 0 Å². The number of aryl methyl sites for hydroxylation is 1. The molecule has 5 N–H and O–H groups in total. The lowest BCUT2D eigenvalue weighted by Gasteiger charge is -2.14. The van der Waals surface area contributed by atoms with Crippen LogP contribution < -0.4 is 21.5 Å². The molecule has 0 bridgehead atoms. The van der Waals surface area contributed by atoms with Gasteiger partial charge in [0.15, 0.2) is 0 Å². The van der Waals surface area contributed by atoms with E-state index in [2.05, 4.69) is 5.32 Å². The number of carbonyl (C=O) groups is 1. The standard InChI is InChI=1S/C16H19N3O2/c1-10-3-5-13(16(18)20)14(7-10)19-9-11-8-12(17)4-6-15(11)21-2/h3-8,19H,9,17H2,1-2H3,(H2,18,20). The number of nitrogen functional groups attached to an aromatic ring is 1. The van der Waals surface area contributed by atoms with E-state index >= 15 is 0 Å². The molecule has 2 rings (SSSR count). The number of nitrogens with one attached hydrogen (secondary N) is 1. The maximum absolute atomic E-state index is 11.5. The van der Waals surface area contributed by atoms with Crippen molar-refractivity contribution in [3.8, 4) is 5.75 Å². The van der Waals surface area contributed by atoms with Crippen molar-refractivity contribution in [2.75, 3.05) is 18.2 Å². The Kier molecular flexibility index (Phi) is 4.33. The van der Waals surface area contributed by atoms with Gasteiger partial charge in [0.05, 0.1) is 12.7 Å². The van der Waals surface area contributed by atoms with Crippen molar-refractivity contribution >= 4 is 17.3 Å². The predicted molar refractivity (Wildman–Crippen MR) is 84.4 cm³/mol. The molecule has 2 aromatic carbocycles. The first kappa shape index (κ1) is 14.7. The number of hydrogen-bond donors (Lipinski definition) is 3. The average molecular weight is 285 g/mol. The molecule has 0 aromatic heterocycles. The monoisotopic (exact) mass is 285 g/mol. The molecular weight excluding hydrogens is 266 g/mol. The Morgan fingerprint density at radius 2 is 2.00 bits per heavy atom. The van der Waals surface area contributed by atoms with Gasteiger partial charge in [0.25, 0.3) is 5.91 Å². The molecule has 0 atom stereocenters. The molecule has 0 aliphatic rings. The number of hydrogen-bond acceptors (Lipinski definition) is 4. The van der Waals surface area contributed by atoms with Crippen LogP contribution in [0.25, 0.3) is 0 Å². The van der Waals surface area contributed by atoms with E-state index in [1.165, 1.54) is 0 Å². The first-order valence-corrected chi connectivity index (χ1v) is 6.58. The van der Waals surface area contributed by atoms with Crippen LogP contribution in [0.3, 0.4) is 0 Å². The fourth-order valence-corrected chi connectivity index (χ4v) is 2.15. The van der Waals surface area contributed by atoms with Crippen molar-refractivity contribution in [1.82, 2.24) is 0 Å². The van der Waals surface area contributed by atoms with Crippen LogP contribution in [0.15, 0.2) is 36.4 Å². The normalized spacial score (nSPS) is 10.2. The van der Waals surface area contributed by atoms with E-state index in [9.17, 15) is 4.79 Å². The second-order valence-corrected chi connectivity index (χ2v) is 4.84. The minimum Gasteiger partial charge on any atom is -0.496 e. The summed E-state index contributed by atoms with van der Waals surface area (Å²) in [5.74, 6) is 0.280. The quantitative estimate of drug-likeness (QED) is 0.735. The number of methoxy groups -OCH3 is 1. The Morgan fingerprint density at radius 3 is 2.67 bits per heavy atom. The molecule has 110 valence electrons. The molecule has 0 fully saturated rings. The smallest absolute Gasteiger partial charge is 0.250 e. The van der Waals surface area contributed by atoms with Gasteiger partial charge in [-0.3, -0.25) is 4.79 Å². The molecule has 0 saturated heterocycles. The van der Waals surface area contributed by atoms with Crippen molar-refractivity contribution < 1.29 is 9.53 Å². The molecule has 0 spiro atoms. The Balaban J connectivity index is 2.26. The molecular formula is C16H19N3O2. The summed E-state index contributed by atoms with van der Waals surface area (Å²) in [4.78, 5) is 11.5. The van der Waals surface area contributed by atoms with Crippen LogP contribution in [0.5, 0.6) is 5.75 Å². The number of ether oxygens (including phenoxy) is 1. The van der Waals surface area contributed by atoms with E-state index in [4.69, 9.17) is 16.2 Å². The van der Waals surface area contributed by atoms with Gasteiger partial charge in [-0.1, -0.05) is 6.07 Å². The van der Waals surface area contributed by atoms with Crippen LogP contribution in [0, 0.1) is 6.92 Å². The summed E-state index contributed by atoms with van der Waals surface area (Å²) in [6, 6.07) is 10.9. The highest BCUT2D eigenvalue weighted by Crippen LogP contribution is 2.24. The van der Waals surface area contributed by atoms with Gasteiger partial charge in [-0.05, 0) is 42.8 Å². The molecule has 2 aromatic rings. The van der Waals surface area contributed by atoms with Crippen molar-refractivity contribution in [3.63, 3.8) is 0 Å². The van der Waals surface area contributed by atoms with Gasteiger partial charge < -0.3 is 21.5 Å². The highest BCUT2D eigenvalue weighted by Gasteiger charge is 2.09. The van der Waals surface area contributed by atoms with E-state index in [0.29, 0.717) is 23.5 Å². The molecule has 21 heavy (non-hydrogen) atoms. The van der Waals surface area contributed by atoms with Crippen LogP contribution in [0.4, 0.5) is 11.4 Å². The van der Waals surface area contributed by atoms with Gasteiger partial charge in [-0.2, -0.15) is 0 Å². The first-order chi connectivity index (χ1) is 10.0. The average Bonchev–Trinajstić information content (AvgIpc) is 2.45. The summed E-state index contributed by atoms with van der Waals surface area (Å²) >= 11 is 0. The minimum atomic E-state index is -0.461. The van der Waals surface area contributed by atoms with Crippen LogP contribution in [0.1, 0.15) is 21.5 Å². The lowest BCUT2D eigenvalue weighted by molar-refractivity contribution is 0.100. The molecule has 5 heteroatoms. The van der Waals surface area contributed by atoms with Crippen LogP contribution in [0.2, 0.25) is 0 Å². The number of amides is 1. The van der Waals surface area contributed by atoms with Crippen LogP contribution in [-0.2, 0) is 6.54 Å². The fourth-order valence-electron chi connectivity index (χ4n) is 2.15. The summed E-state index contributed by atoms with van der Waals surface area (Å²) in [6.45, 7) is 2.44. The molecule has 5 nitrogen and oxygen atoms in total. The Labute approximate surface area is 123 Å². The summed E-state index contributed by atoms with van der Waals surface area (Å²) in [6.07, 6.45) is 0. The Morgan fingerprint density at radius 1 is 1.24 bits per heavy atom. The zero-order chi connectivity index (χ0) is 15.4. The van der Waals surface area contributed by atoms with Crippen molar-refractivity contribution in [2.24, 2.45) is 5.73 Å². The second-order valence-electron chi connectivity index (χ2n) is 4.84. The summed E-state index contributed by atoms with van der Waals surface area (Å²) in [7, 11) is 1.61. The predicted octanol–water partition coefficient (Wildman–Crippen LogP) is 2.30. The van der Waals surface area contributed by atoms with Gasteiger partial charge >= 0.3 is 0 Å². The van der Waals surface area contributed by atoms with E-state index in [1.54, 1.807) is 19.2 Å². The first-order valence-electron chi connectivity index (χ1n) is 6.58. The third-order valence-corrected chi connectivity index (χ3v) is 3.21. The van der Waals surface area contributed by atoms with Crippen LogP contribution in [-0.4, -0.2) is 13.0 Å². The van der Waals surface area contributed by atoms with Crippen molar-refractivity contribution in [3.05, 3.63) is 53.1 Å². The van der Waals surface area contributed by atoms with E-state index in [-0.39, 0.29) is 0 Å². The second kappa shape index (κ2) is 6.17. The van der Waals surface area contributed by atoms with Crippen LogP contribution >= 0.6 is 0 Å². The van der Waals surface area contributed by atoms with Crippen molar-refractivity contribution in [1.29, 1.82) is 0 Å². The maximum atomic E-state index is 11.5. The topological polar surface area (TPSA) is 90.4 Å². The molecule has 0 aliphatic heterocycles. The molecule has 0 saturated carbocycles. The van der Waals surface area contributed by atoms with E-state index in [1.807, 2.05) is 31.2 Å². The van der Waals surface area contributed by atoms with Gasteiger partial charge in [-0.25, -0.2) is 0 Å². The molecule has 0 heterocycles. The zero-order valence-corrected chi connectivity index (χ0v) is 12.1. The third-order valence-electron chi connectivity index (χ3n) is 3.21. The summed E-state index contributed by atoms with van der Waals surface area (Å²) in [5.41, 5.74) is 15.0. The lowest BCUT2D eigenvalue weighted by Crippen LogP contribution is -2.14. The molecule has 0 radical (unpaired) electrons. The summed E-state index contributed by atoms with van der Waals surface area (Å²) in [5, 5.41) is 3.22. The fraction of sp³-hybridized carbons (Fsp3) is 0.188.